The zero-order chi connectivity index (χ0) is 15.0. The second-order valence-electron chi connectivity index (χ2n) is 5.89. The Balaban J connectivity index is 1.56. The maximum atomic E-state index is 12.2. The van der Waals surface area contributed by atoms with Gasteiger partial charge in [-0.1, -0.05) is 24.3 Å². The van der Waals surface area contributed by atoms with Gasteiger partial charge in [0.15, 0.2) is 6.10 Å². The van der Waals surface area contributed by atoms with Crippen LogP contribution in [0.15, 0.2) is 24.3 Å². The molecule has 112 valence electrons. The van der Waals surface area contributed by atoms with Crippen LogP contribution in [0.1, 0.15) is 29.9 Å². The van der Waals surface area contributed by atoms with Gasteiger partial charge in [0.1, 0.15) is 0 Å². The number of fused-ring (bicyclic) bond motifs is 3. The maximum Gasteiger partial charge on any atom is 0.332 e. The molecular formula is C16H19NO4. The molecule has 1 amide bonds. The van der Waals surface area contributed by atoms with Gasteiger partial charge in [0, 0.05) is 18.9 Å². The fourth-order valence-electron chi connectivity index (χ4n) is 3.50. The Morgan fingerprint density at radius 2 is 2.10 bits per heavy atom. The fourth-order valence-corrected chi connectivity index (χ4v) is 3.50. The number of nitrogens with one attached hydrogen (secondary N) is 1. The molecule has 2 aliphatic carbocycles. The summed E-state index contributed by atoms with van der Waals surface area (Å²) >= 11 is 0. The topological polar surface area (TPSA) is 86.6 Å². The Morgan fingerprint density at radius 3 is 2.86 bits per heavy atom. The van der Waals surface area contributed by atoms with Crippen molar-refractivity contribution in [2.45, 2.75) is 31.3 Å². The quantitative estimate of drug-likeness (QED) is 0.752. The molecule has 4 atom stereocenters. The third kappa shape index (κ3) is 2.65. The molecule has 1 fully saturated rings. The van der Waals surface area contributed by atoms with Gasteiger partial charge in [-0.3, -0.25) is 4.79 Å². The summed E-state index contributed by atoms with van der Waals surface area (Å²) in [5.41, 5.74) is 2.63. The van der Waals surface area contributed by atoms with Crippen molar-refractivity contribution >= 4 is 11.9 Å². The van der Waals surface area contributed by atoms with Gasteiger partial charge in [-0.2, -0.15) is 0 Å². The highest BCUT2D eigenvalue weighted by molar-refractivity contribution is 5.84. The Bertz CT molecular complexity index is 571. The molecule has 0 aromatic heterocycles. The van der Waals surface area contributed by atoms with E-state index >= 15 is 0 Å². The number of hydrogen-bond donors (Lipinski definition) is 3. The first-order valence-corrected chi connectivity index (χ1v) is 7.36. The van der Waals surface area contributed by atoms with E-state index in [4.69, 9.17) is 5.11 Å². The molecule has 3 N–H and O–H groups in total. The van der Waals surface area contributed by atoms with Gasteiger partial charge in [-0.15, -0.1) is 0 Å². The summed E-state index contributed by atoms with van der Waals surface area (Å²) in [6, 6.07) is 8.28. The molecule has 0 saturated heterocycles. The molecule has 21 heavy (non-hydrogen) atoms. The summed E-state index contributed by atoms with van der Waals surface area (Å²) in [5, 5.41) is 20.5. The van der Waals surface area contributed by atoms with Crippen molar-refractivity contribution < 1.29 is 19.8 Å². The van der Waals surface area contributed by atoms with Gasteiger partial charge < -0.3 is 15.5 Å². The first-order chi connectivity index (χ1) is 10.1. The number of carbonyl (C=O) groups is 2. The van der Waals surface area contributed by atoms with E-state index in [9.17, 15) is 14.7 Å². The lowest BCUT2D eigenvalue weighted by molar-refractivity contribution is -0.147. The molecule has 0 heterocycles. The smallest absolute Gasteiger partial charge is 0.332 e. The number of aliphatic hydroxyl groups is 1. The normalized spacial score (nSPS) is 27.2. The maximum absolute atomic E-state index is 12.2. The number of amides is 1. The molecule has 3 rings (SSSR count). The number of aliphatic hydroxyl groups excluding tert-OH is 1. The van der Waals surface area contributed by atoms with Crippen LogP contribution in [0.25, 0.3) is 0 Å². The van der Waals surface area contributed by atoms with Crippen molar-refractivity contribution in [3.8, 4) is 0 Å². The number of carboxylic acids is 1. The van der Waals surface area contributed by atoms with Crippen molar-refractivity contribution in [1.29, 1.82) is 0 Å². The Morgan fingerprint density at radius 1 is 1.33 bits per heavy atom. The van der Waals surface area contributed by atoms with Crippen molar-refractivity contribution in [3.63, 3.8) is 0 Å². The van der Waals surface area contributed by atoms with Crippen LogP contribution in [0.4, 0.5) is 0 Å². The molecule has 0 aliphatic heterocycles. The van der Waals surface area contributed by atoms with Crippen molar-refractivity contribution in [2.75, 3.05) is 6.54 Å². The number of carboxylic acid groups (broad SMARTS) is 1. The Labute approximate surface area is 123 Å². The lowest BCUT2D eigenvalue weighted by Crippen LogP contribution is -2.31. The molecular weight excluding hydrogens is 270 g/mol. The van der Waals surface area contributed by atoms with E-state index < -0.39 is 12.1 Å². The van der Waals surface area contributed by atoms with Crippen LogP contribution in [-0.4, -0.2) is 34.7 Å². The summed E-state index contributed by atoms with van der Waals surface area (Å²) in [6.07, 6.45) is 0.698. The van der Waals surface area contributed by atoms with Crippen molar-refractivity contribution in [3.05, 3.63) is 35.4 Å². The van der Waals surface area contributed by atoms with Crippen LogP contribution in [0.5, 0.6) is 0 Å². The van der Waals surface area contributed by atoms with E-state index in [-0.39, 0.29) is 24.8 Å². The summed E-state index contributed by atoms with van der Waals surface area (Å²) < 4.78 is 0. The van der Waals surface area contributed by atoms with Crippen LogP contribution >= 0.6 is 0 Å². The van der Waals surface area contributed by atoms with Gasteiger partial charge in [0.25, 0.3) is 0 Å². The van der Waals surface area contributed by atoms with Gasteiger partial charge in [0.05, 0.1) is 0 Å². The minimum Gasteiger partial charge on any atom is -0.479 e. The van der Waals surface area contributed by atoms with Crippen LogP contribution in [0, 0.1) is 11.8 Å². The minimum absolute atomic E-state index is 0.00983. The zero-order valence-electron chi connectivity index (χ0n) is 11.7. The van der Waals surface area contributed by atoms with Gasteiger partial charge in [0.2, 0.25) is 5.91 Å². The Kier molecular flexibility index (Phi) is 3.68. The van der Waals surface area contributed by atoms with E-state index in [0.29, 0.717) is 11.8 Å². The zero-order valence-corrected chi connectivity index (χ0v) is 11.7. The standard InChI is InChI=1S/C16H19NO4/c18-12(16(20)21)7-8-17-15(19)14-11-6-5-9-3-1-2-4-10(9)13(11)14/h1-4,11-14,18H,5-8H2,(H,17,19)(H,20,21). The summed E-state index contributed by atoms with van der Waals surface area (Å²) in [4.78, 5) is 22.7. The molecule has 4 unspecified atom stereocenters. The number of carbonyl (C=O) groups excluding carboxylic acids is 1. The monoisotopic (exact) mass is 289 g/mol. The van der Waals surface area contributed by atoms with Gasteiger partial charge in [-0.05, 0) is 35.8 Å². The number of hydrogen-bond acceptors (Lipinski definition) is 3. The van der Waals surface area contributed by atoms with Crippen LogP contribution < -0.4 is 5.32 Å². The number of rotatable bonds is 5. The highest BCUT2D eigenvalue weighted by Crippen LogP contribution is 2.59. The van der Waals surface area contributed by atoms with E-state index in [1.54, 1.807) is 0 Å². The third-order valence-electron chi connectivity index (χ3n) is 4.63. The molecule has 1 aromatic rings. The largest absolute Gasteiger partial charge is 0.479 e. The van der Waals surface area contributed by atoms with Crippen LogP contribution in [0.3, 0.4) is 0 Å². The predicted octanol–water partition coefficient (Wildman–Crippen LogP) is 0.914. The molecule has 2 aliphatic rings. The first kappa shape index (κ1) is 14.1. The number of aliphatic carboxylic acids is 1. The number of benzene rings is 1. The van der Waals surface area contributed by atoms with Crippen LogP contribution in [-0.2, 0) is 16.0 Å². The Hall–Kier alpha value is -1.88. The molecule has 0 radical (unpaired) electrons. The molecule has 0 spiro atoms. The molecule has 0 bridgehead atoms. The second-order valence-corrected chi connectivity index (χ2v) is 5.89. The lowest BCUT2D eigenvalue weighted by Gasteiger charge is -2.13. The average molecular weight is 289 g/mol. The van der Waals surface area contributed by atoms with Gasteiger partial charge in [-0.25, -0.2) is 4.79 Å². The molecule has 1 aromatic carbocycles. The SMILES string of the molecule is O=C(O)C(O)CCNC(=O)C1C2CCc3ccccc3C21. The van der Waals surface area contributed by atoms with Gasteiger partial charge >= 0.3 is 5.97 Å². The fraction of sp³-hybridized carbons (Fsp3) is 0.500. The highest BCUT2D eigenvalue weighted by Gasteiger charge is 2.56. The second kappa shape index (κ2) is 5.48. The predicted molar refractivity (Wildman–Crippen MR) is 75.8 cm³/mol. The molecule has 5 nitrogen and oxygen atoms in total. The minimum atomic E-state index is -1.41. The van der Waals surface area contributed by atoms with Crippen molar-refractivity contribution in [1.82, 2.24) is 5.32 Å². The van der Waals surface area contributed by atoms with E-state index in [0.717, 1.165) is 12.8 Å². The summed E-state index contributed by atoms with van der Waals surface area (Å²) in [5.74, 6) is -0.517. The van der Waals surface area contributed by atoms with Crippen LogP contribution in [0.2, 0.25) is 0 Å². The summed E-state index contributed by atoms with van der Waals surface area (Å²) in [6.45, 7) is 0.198. The lowest BCUT2D eigenvalue weighted by atomic mass is 9.92. The number of aryl methyl sites for hydroxylation is 1. The summed E-state index contributed by atoms with van der Waals surface area (Å²) in [7, 11) is 0. The average Bonchev–Trinajstić information content (AvgIpc) is 3.21. The highest BCUT2D eigenvalue weighted by atomic mass is 16.4. The van der Waals surface area contributed by atoms with Crippen molar-refractivity contribution in [2.24, 2.45) is 11.8 Å². The first-order valence-electron chi connectivity index (χ1n) is 7.36. The van der Waals surface area contributed by atoms with E-state index in [1.165, 1.54) is 11.1 Å². The molecule has 1 saturated carbocycles. The van der Waals surface area contributed by atoms with E-state index in [1.807, 2.05) is 12.1 Å². The third-order valence-corrected chi connectivity index (χ3v) is 4.63. The van der Waals surface area contributed by atoms with E-state index in [2.05, 4.69) is 17.4 Å². The molecule has 5 heteroatoms.